The van der Waals surface area contributed by atoms with E-state index in [0.717, 1.165) is 47.6 Å². The predicted molar refractivity (Wildman–Crippen MR) is 500 cm³/mol. The first-order valence-corrected chi connectivity index (χ1v) is 49.4. The van der Waals surface area contributed by atoms with E-state index in [-0.39, 0.29) is 107 Å². The Hall–Kier alpha value is -13.3. The van der Waals surface area contributed by atoms with Crippen molar-refractivity contribution in [1.82, 2.24) is 20.4 Å². The van der Waals surface area contributed by atoms with Crippen molar-refractivity contribution in [3.05, 3.63) is 186 Å². The number of benzene rings is 4. The molecule has 4 aromatic carbocycles. The Kier molecular flexibility index (Phi) is 40.0. The van der Waals surface area contributed by atoms with Gasteiger partial charge in [0.2, 0.25) is 29.8 Å². The number of amides is 7. The Labute approximate surface area is 787 Å². The average molecular weight is 1920 g/mol. The van der Waals surface area contributed by atoms with Crippen LogP contribution in [0.5, 0.6) is 28.7 Å². The Morgan fingerprint density at radius 3 is 1.44 bits per heavy atom. The van der Waals surface area contributed by atoms with E-state index in [4.69, 9.17) is 79.9 Å². The van der Waals surface area contributed by atoms with Crippen LogP contribution in [0.25, 0.3) is 0 Å². The van der Waals surface area contributed by atoms with E-state index in [0.29, 0.717) is 43.4 Å². The molecule has 0 aliphatic carbocycles. The van der Waals surface area contributed by atoms with Crippen LogP contribution >= 0.6 is 0 Å². The maximum Gasteiger partial charge on any atom is 0.509 e. The molecule has 0 aromatic heterocycles. The quantitative estimate of drug-likeness (QED) is 0.00455. The molecule has 736 valence electrons. The molecule has 135 heavy (non-hydrogen) atoms. The van der Waals surface area contributed by atoms with Gasteiger partial charge in [0.05, 0.1) is 80.2 Å². The van der Waals surface area contributed by atoms with Crippen LogP contribution in [0.4, 0.5) is 51.5 Å². The minimum atomic E-state index is -2.89. The van der Waals surface area contributed by atoms with Crippen molar-refractivity contribution in [2.45, 2.75) is 219 Å². The number of nitrogens with zero attached hydrogens (tertiary/aromatic N) is 3. The highest BCUT2D eigenvalue weighted by molar-refractivity contribution is 6.74. The van der Waals surface area contributed by atoms with Gasteiger partial charge in [-0.3, -0.25) is 39.9 Å². The van der Waals surface area contributed by atoms with Crippen LogP contribution in [0, 0.1) is 16.0 Å². The van der Waals surface area contributed by atoms with Crippen LogP contribution in [0.2, 0.25) is 36.3 Å². The number of carbonyl (C=O) groups is 11. The second-order valence-electron chi connectivity index (χ2n) is 35.3. The summed E-state index contributed by atoms with van der Waals surface area (Å²) in [6.07, 6.45) is -6.04. The number of hydrogen-bond donors (Lipinski definition) is 6. The number of hydrogen-bond acceptors (Lipinski definition) is 30. The van der Waals surface area contributed by atoms with E-state index in [2.05, 4.69) is 127 Å². The van der Waals surface area contributed by atoms with Gasteiger partial charge in [-0.15, -0.1) is 6.58 Å². The summed E-state index contributed by atoms with van der Waals surface area (Å²) in [6.45, 7) is 45.4. The zero-order valence-corrected chi connectivity index (χ0v) is 81.5. The van der Waals surface area contributed by atoms with Crippen LogP contribution in [-0.4, -0.2) is 224 Å². The molecular weight excluding hydrogens is 1790 g/mol. The molecule has 0 bridgehead atoms. The summed E-state index contributed by atoms with van der Waals surface area (Å²) in [6, 6.07) is 12.3. The van der Waals surface area contributed by atoms with E-state index in [9.17, 15) is 58.4 Å². The fourth-order valence-corrected chi connectivity index (χ4v) is 15.5. The first kappa shape index (κ1) is 109. The van der Waals surface area contributed by atoms with Gasteiger partial charge >= 0.3 is 48.4 Å². The van der Waals surface area contributed by atoms with Crippen molar-refractivity contribution in [2.24, 2.45) is 5.92 Å². The first-order valence-electron chi connectivity index (χ1n) is 43.6. The van der Waals surface area contributed by atoms with Crippen LogP contribution in [0.3, 0.4) is 0 Å². The molecule has 0 spiro atoms. The number of rotatable bonds is 47. The van der Waals surface area contributed by atoms with Crippen molar-refractivity contribution in [1.29, 1.82) is 0 Å². The molecule has 1 fully saturated rings. The molecule has 4 aromatic rings. The lowest BCUT2D eigenvalue weighted by molar-refractivity contribution is -0.387. The maximum atomic E-state index is 15.2. The summed E-state index contributed by atoms with van der Waals surface area (Å²) < 4.78 is 97.7. The molecule has 6 N–H and O–H groups in total. The minimum Gasteiger partial charge on any atom is -0.493 e. The van der Waals surface area contributed by atoms with Gasteiger partial charge in [0.25, 0.3) is 11.8 Å². The largest absolute Gasteiger partial charge is 0.509 e. The van der Waals surface area contributed by atoms with E-state index in [1.807, 2.05) is 13.8 Å². The van der Waals surface area contributed by atoms with Gasteiger partial charge in [-0.2, -0.15) is 0 Å². The van der Waals surface area contributed by atoms with E-state index < -0.39 is 187 Å². The Morgan fingerprint density at radius 2 is 1.01 bits per heavy atom. The summed E-state index contributed by atoms with van der Waals surface area (Å²) in [7, 11) is -1.89. The third-order valence-electron chi connectivity index (χ3n) is 22.7. The van der Waals surface area contributed by atoms with Gasteiger partial charge in [0.15, 0.2) is 57.6 Å². The number of carbonyl (C=O) groups excluding carboxylic acids is 10. The van der Waals surface area contributed by atoms with Gasteiger partial charge < -0.3 is 111 Å². The third-order valence-corrected chi connectivity index (χ3v) is 31.7. The van der Waals surface area contributed by atoms with Crippen molar-refractivity contribution < 1.29 is 143 Å². The van der Waals surface area contributed by atoms with Crippen LogP contribution < -0.4 is 50.3 Å². The SMILES string of the molecule is C=CCOC(=O)NC(C(=O)NC(C)C(=O)Nc1ccc(COC(=O)Nc2cc(OCCCCCOc3cc(NC(=O)OCc4ccc(O[C@H]5O[C@](CC=C)(C(=O)O)[C@@H](OC(=O)OCC=C)[C@H](OC(=O)OCC=C)[C@H]5OC(=O)OCC=C)c([N+](=O)[O-])c4)c(C(=O)N4C=C(C)CC4CO[Si](C)(C)C(C)(C)C)cc3OC)c(OC)cc2C(=O)N2C=C(C)CC2CO[Si](C)(C)C(C)(C)C)cc1)C(C)C. The molecule has 1 saturated heterocycles. The van der Waals surface area contributed by atoms with Gasteiger partial charge in [0, 0.05) is 42.7 Å². The molecule has 41 heteroatoms. The first-order chi connectivity index (χ1) is 63.7. The smallest absolute Gasteiger partial charge is 0.493 e. The minimum absolute atomic E-state index is 0.0267. The highest BCUT2D eigenvalue weighted by Crippen LogP contribution is 2.45. The zero-order valence-electron chi connectivity index (χ0n) is 79.5. The van der Waals surface area contributed by atoms with Gasteiger partial charge in [0.1, 0.15) is 51.7 Å². The second kappa shape index (κ2) is 49.6. The van der Waals surface area contributed by atoms with Crippen LogP contribution in [0.15, 0.2) is 154 Å². The molecule has 7 amide bonds. The molecule has 0 saturated carbocycles. The number of carboxylic acid groups (broad SMARTS) is 1. The molecule has 3 aliphatic rings. The van der Waals surface area contributed by atoms with E-state index in [1.165, 1.54) is 62.5 Å². The number of unbranched alkanes of at least 4 members (excludes halogenated alkanes) is 2. The summed E-state index contributed by atoms with van der Waals surface area (Å²) in [5.74, 6) is -4.71. The normalized spacial score (nSPS) is 18.0. The molecule has 9 atom stereocenters. The Balaban J connectivity index is 1.12. The molecule has 4 unspecified atom stereocenters. The average Bonchev–Trinajstić information content (AvgIpc) is 1.22. The summed E-state index contributed by atoms with van der Waals surface area (Å²) in [5.41, 5.74) is -1.31. The molecule has 0 radical (unpaired) electrons. The topological polar surface area (TPSA) is 475 Å². The van der Waals surface area contributed by atoms with Gasteiger partial charge in [-0.1, -0.05) is 141 Å². The number of methoxy groups -OCH3 is 2. The predicted octanol–water partition coefficient (Wildman–Crippen LogP) is 16.7. The van der Waals surface area contributed by atoms with Crippen LogP contribution in [0.1, 0.15) is 147 Å². The molecule has 39 nitrogen and oxygen atoms in total. The highest BCUT2D eigenvalue weighted by atomic mass is 28.4. The number of nitrogens with one attached hydrogen (secondary N) is 5. The van der Waals surface area contributed by atoms with Crippen molar-refractivity contribution in [3.63, 3.8) is 0 Å². The number of nitro benzene ring substituents is 1. The number of anilines is 3. The molecular formula is C94H126N8O31Si2. The number of aliphatic carboxylic acids is 1. The van der Waals surface area contributed by atoms with E-state index in [1.54, 1.807) is 55.4 Å². The van der Waals surface area contributed by atoms with E-state index >= 15 is 9.59 Å². The van der Waals surface area contributed by atoms with Gasteiger partial charge in [-0.25, -0.2) is 33.6 Å². The summed E-state index contributed by atoms with van der Waals surface area (Å²) >= 11 is 0. The summed E-state index contributed by atoms with van der Waals surface area (Å²) in [5, 5.41) is 37.0. The maximum absolute atomic E-state index is 15.2. The fraction of sp³-hybridized carbons (Fsp3) is 0.479. The zero-order chi connectivity index (χ0) is 100. The third kappa shape index (κ3) is 30.4. The number of alkyl carbamates (subject to hydrolysis) is 1. The lowest BCUT2D eigenvalue weighted by Crippen LogP contribution is -2.70. The lowest BCUT2D eigenvalue weighted by atomic mass is 9.83. The highest BCUT2D eigenvalue weighted by Gasteiger charge is 2.65. The molecule has 3 aliphatic heterocycles. The second-order valence-corrected chi connectivity index (χ2v) is 44.9. The lowest BCUT2D eigenvalue weighted by Gasteiger charge is -2.48. The summed E-state index contributed by atoms with van der Waals surface area (Å²) in [4.78, 5) is 166. The van der Waals surface area contributed by atoms with Gasteiger partial charge in [-0.05, 0) is 137 Å². The Morgan fingerprint density at radius 1 is 0.556 bits per heavy atom. The Bertz CT molecular complexity index is 5020. The van der Waals surface area contributed by atoms with Crippen LogP contribution in [-0.2, 0) is 83.8 Å². The van der Waals surface area contributed by atoms with Crippen molar-refractivity contribution in [2.75, 3.05) is 83.0 Å². The standard InChI is InChI=1S/C94H126N8O31Si2/c1-23-37-94(85(107)108)79(132-91(114)124-41-27-5)77(130-89(112)122-39-25-3)78(131-90(113)123-40-26-4)84(133-94)129-71-36-33-62(46-70(71)102(115)116)54-126-87(110)98-69-50-75(73(118-18)48-67(69)83(106)101-52-59(9)45-65(101)56-128-135(21,22)93(14,15)16)120-43-30-28-29-42-119-74-49-68(66(47-72(74)117-17)82(105)100-51-58(8)44-64(100)55-127-134(19,20)92(11,12)13)97-86(109)125-53-61-31-34-63(35-32-61)96-80(103)60(10)95-81(104)76(57(6)7)99-88(111)121-38-24-2/h23-27,31-36,46-52,57,60,64-65,76-79,84H,1-5,28-30,37-45,53-56H2,6-22H3,(H,95,104)(H,96,103)(H,97,109)(H,98,110)(H,99,111)(H,107,108)/t60?,64?,65?,76?,77-,78-,79+,84+,94+/m1/s1. The van der Waals surface area contributed by atoms with Crippen molar-refractivity contribution in [3.8, 4) is 28.7 Å². The number of ether oxygens (including phenoxy) is 15. The number of nitro groups is 1. The monoisotopic (exact) mass is 1920 g/mol. The molecule has 7 rings (SSSR count). The fourth-order valence-electron chi connectivity index (χ4n) is 13.4. The molecule has 3 heterocycles. The van der Waals surface area contributed by atoms with Crippen molar-refractivity contribution >= 4 is 106 Å². The number of carboxylic acids is 1.